The maximum Gasteiger partial charge on any atom is 0.0672 e. The topological polar surface area (TPSA) is 27.0 Å². The molecule has 1 aliphatic rings. The fourth-order valence-electron chi connectivity index (χ4n) is 2.81. The van der Waals surface area contributed by atoms with Gasteiger partial charge < -0.3 is 4.90 Å². The second-order valence-corrected chi connectivity index (χ2v) is 6.25. The highest BCUT2D eigenvalue weighted by atomic mass is 15.1. The summed E-state index contributed by atoms with van der Waals surface area (Å²) < 4.78 is 0. The number of hydrogen-bond acceptors (Lipinski definition) is 2. The molecule has 0 heterocycles. The molecule has 0 spiro atoms. The van der Waals surface area contributed by atoms with Crippen molar-refractivity contribution in [1.82, 2.24) is 4.90 Å². The van der Waals surface area contributed by atoms with Gasteiger partial charge in [-0.25, -0.2) is 0 Å². The molecule has 3 atom stereocenters. The van der Waals surface area contributed by atoms with Gasteiger partial charge in [0.15, 0.2) is 0 Å². The summed E-state index contributed by atoms with van der Waals surface area (Å²) >= 11 is 0. The van der Waals surface area contributed by atoms with E-state index in [2.05, 4.69) is 45.7 Å². The molecule has 0 amide bonds. The maximum absolute atomic E-state index is 9.22. The van der Waals surface area contributed by atoms with Gasteiger partial charge in [-0.3, -0.25) is 0 Å². The minimum absolute atomic E-state index is 0.239. The molecule has 0 saturated heterocycles. The Morgan fingerprint density at radius 2 is 1.94 bits per heavy atom. The van der Waals surface area contributed by atoms with Gasteiger partial charge >= 0.3 is 0 Å². The summed E-state index contributed by atoms with van der Waals surface area (Å²) in [6, 6.07) is 2.97. The molecule has 1 saturated carbocycles. The summed E-state index contributed by atoms with van der Waals surface area (Å²) in [5.74, 6) is 1.000. The van der Waals surface area contributed by atoms with Crippen molar-refractivity contribution in [3.05, 3.63) is 0 Å². The Balaban J connectivity index is 2.74. The lowest BCUT2D eigenvalue weighted by atomic mass is 9.68. The van der Waals surface area contributed by atoms with Crippen molar-refractivity contribution in [2.45, 2.75) is 53.0 Å². The van der Waals surface area contributed by atoms with Crippen molar-refractivity contribution in [2.24, 2.45) is 17.3 Å². The van der Waals surface area contributed by atoms with Crippen LogP contribution in [0.4, 0.5) is 0 Å². The summed E-state index contributed by atoms with van der Waals surface area (Å²) in [6.45, 7) is 10.2. The van der Waals surface area contributed by atoms with Crippen LogP contribution in [0.25, 0.3) is 0 Å². The van der Waals surface area contributed by atoms with Crippen molar-refractivity contribution < 1.29 is 0 Å². The van der Waals surface area contributed by atoms with Gasteiger partial charge in [0.1, 0.15) is 0 Å². The van der Waals surface area contributed by atoms with Crippen molar-refractivity contribution in [1.29, 1.82) is 5.26 Å². The van der Waals surface area contributed by atoms with Gasteiger partial charge in [0.2, 0.25) is 0 Å². The number of nitriles is 1. The Kier molecular flexibility index (Phi) is 4.38. The van der Waals surface area contributed by atoms with Crippen LogP contribution in [0.3, 0.4) is 0 Å². The molecule has 0 radical (unpaired) electrons. The van der Waals surface area contributed by atoms with Crippen molar-refractivity contribution in [3.63, 3.8) is 0 Å². The SMILES string of the molecule is CCN(C)C1CC(C(C)(C)C)CCC1C#N. The van der Waals surface area contributed by atoms with Gasteiger partial charge in [0.05, 0.1) is 12.0 Å². The van der Waals surface area contributed by atoms with Gasteiger partial charge in [-0.05, 0) is 44.2 Å². The molecule has 0 aromatic rings. The van der Waals surface area contributed by atoms with Crippen LogP contribution in [0.5, 0.6) is 0 Å². The molecule has 1 aliphatic carbocycles. The fraction of sp³-hybridized carbons (Fsp3) is 0.929. The van der Waals surface area contributed by atoms with Crippen LogP contribution in [0.1, 0.15) is 47.0 Å². The number of hydrogen-bond donors (Lipinski definition) is 0. The van der Waals surface area contributed by atoms with Gasteiger partial charge in [-0.1, -0.05) is 27.7 Å². The second kappa shape index (κ2) is 5.19. The smallest absolute Gasteiger partial charge is 0.0672 e. The third kappa shape index (κ3) is 2.98. The Morgan fingerprint density at radius 1 is 1.31 bits per heavy atom. The van der Waals surface area contributed by atoms with E-state index in [1.165, 1.54) is 12.8 Å². The molecule has 0 N–H and O–H groups in total. The van der Waals surface area contributed by atoms with E-state index in [0.717, 1.165) is 18.9 Å². The third-order valence-electron chi connectivity index (χ3n) is 4.27. The zero-order chi connectivity index (χ0) is 12.3. The molecule has 1 fully saturated rings. The fourth-order valence-corrected chi connectivity index (χ4v) is 2.81. The highest BCUT2D eigenvalue weighted by molar-refractivity contribution is 4.98. The molecule has 0 aromatic heterocycles. The minimum Gasteiger partial charge on any atom is -0.302 e. The molecule has 16 heavy (non-hydrogen) atoms. The number of rotatable bonds is 2. The van der Waals surface area contributed by atoms with E-state index in [1.807, 2.05) is 0 Å². The Labute approximate surface area is 101 Å². The quantitative estimate of drug-likeness (QED) is 0.717. The van der Waals surface area contributed by atoms with Crippen molar-refractivity contribution in [2.75, 3.05) is 13.6 Å². The standard InChI is InChI=1S/C14H26N2/c1-6-16(5)13-9-12(14(2,3)4)8-7-11(13)10-15/h11-13H,6-9H2,1-5H3. The molecule has 92 valence electrons. The van der Waals surface area contributed by atoms with E-state index in [4.69, 9.17) is 0 Å². The largest absolute Gasteiger partial charge is 0.302 e. The summed E-state index contributed by atoms with van der Waals surface area (Å²) in [5.41, 5.74) is 0.382. The molecule has 0 aliphatic heterocycles. The van der Waals surface area contributed by atoms with E-state index in [-0.39, 0.29) is 5.92 Å². The second-order valence-electron chi connectivity index (χ2n) is 6.25. The van der Waals surface area contributed by atoms with Crippen molar-refractivity contribution >= 4 is 0 Å². The van der Waals surface area contributed by atoms with Crippen LogP contribution in [-0.4, -0.2) is 24.5 Å². The summed E-state index contributed by atoms with van der Waals surface area (Å²) in [4.78, 5) is 2.35. The van der Waals surface area contributed by atoms with E-state index >= 15 is 0 Å². The van der Waals surface area contributed by atoms with Gasteiger partial charge in [0.25, 0.3) is 0 Å². The molecule has 2 nitrogen and oxygen atoms in total. The Morgan fingerprint density at radius 3 is 2.38 bits per heavy atom. The first-order chi connectivity index (χ1) is 7.40. The zero-order valence-electron chi connectivity index (χ0n) is 11.5. The highest BCUT2D eigenvalue weighted by Gasteiger charge is 2.37. The molecular weight excluding hydrogens is 196 g/mol. The Hall–Kier alpha value is -0.550. The van der Waals surface area contributed by atoms with Gasteiger partial charge in [-0.2, -0.15) is 5.26 Å². The zero-order valence-corrected chi connectivity index (χ0v) is 11.5. The molecular formula is C14H26N2. The average molecular weight is 222 g/mol. The van der Waals surface area contributed by atoms with Crippen molar-refractivity contribution in [3.8, 4) is 6.07 Å². The summed E-state index contributed by atoms with van der Waals surface area (Å²) in [5, 5.41) is 9.22. The average Bonchev–Trinajstić information content (AvgIpc) is 2.25. The van der Waals surface area contributed by atoms with Gasteiger partial charge in [0, 0.05) is 6.04 Å². The van der Waals surface area contributed by atoms with Crippen LogP contribution in [0.15, 0.2) is 0 Å². The van der Waals surface area contributed by atoms with E-state index in [0.29, 0.717) is 11.5 Å². The lowest BCUT2D eigenvalue weighted by Gasteiger charge is -2.43. The first kappa shape index (κ1) is 13.5. The van der Waals surface area contributed by atoms with Crippen LogP contribution in [0, 0.1) is 28.6 Å². The molecule has 2 heteroatoms. The minimum atomic E-state index is 0.239. The predicted molar refractivity (Wildman–Crippen MR) is 68.0 cm³/mol. The lowest BCUT2D eigenvalue weighted by molar-refractivity contribution is 0.0780. The van der Waals surface area contributed by atoms with Crippen LogP contribution in [0.2, 0.25) is 0 Å². The van der Waals surface area contributed by atoms with E-state index in [9.17, 15) is 5.26 Å². The molecule has 0 aromatic carbocycles. The highest BCUT2D eigenvalue weighted by Crippen LogP contribution is 2.41. The third-order valence-corrected chi connectivity index (χ3v) is 4.27. The van der Waals surface area contributed by atoms with E-state index < -0.39 is 0 Å². The maximum atomic E-state index is 9.22. The van der Waals surface area contributed by atoms with Crippen LogP contribution in [-0.2, 0) is 0 Å². The Bertz CT molecular complexity index is 259. The summed E-state index contributed by atoms with van der Waals surface area (Å²) in [6.07, 6.45) is 3.48. The first-order valence-corrected chi connectivity index (χ1v) is 6.50. The van der Waals surface area contributed by atoms with Gasteiger partial charge in [-0.15, -0.1) is 0 Å². The molecule has 1 rings (SSSR count). The van der Waals surface area contributed by atoms with E-state index in [1.54, 1.807) is 0 Å². The first-order valence-electron chi connectivity index (χ1n) is 6.50. The monoisotopic (exact) mass is 222 g/mol. The number of nitrogens with zero attached hydrogens (tertiary/aromatic N) is 2. The molecule has 3 unspecified atom stereocenters. The molecule has 0 bridgehead atoms. The summed E-state index contributed by atoms with van der Waals surface area (Å²) in [7, 11) is 2.15. The normalized spacial score (nSPS) is 31.4. The predicted octanol–water partition coefficient (Wildman–Crippen LogP) is 3.29. The van der Waals surface area contributed by atoms with Crippen LogP contribution >= 0.6 is 0 Å². The lowest BCUT2D eigenvalue weighted by Crippen LogP contribution is -2.44. The van der Waals surface area contributed by atoms with Crippen LogP contribution < -0.4 is 0 Å².